The van der Waals surface area contributed by atoms with Crippen molar-refractivity contribution in [2.45, 2.75) is 68.9 Å². The fraction of sp³-hybridized carbons (Fsp3) is 0.583. The highest BCUT2D eigenvalue weighted by atomic mass is 16.5. The molecule has 5 nitrogen and oxygen atoms in total. The predicted molar refractivity (Wildman–Crippen MR) is 110 cm³/mol. The predicted octanol–water partition coefficient (Wildman–Crippen LogP) is 4.51. The maximum Gasteiger partial charge on any atom is 0.314 e. The molecule has 5 rings (SSSR count). The molecule has 1 N–H and O–H groups in total. The standard InChI is InChI=1S/C24H30N2O3/c27-22(28)23(20-4-2-1-3-5-20)10-12-24(13-11-23,29-17-19-8-9-19)21-25-14-15-26(21)16-18-6-7-18/h1-5,14-15,18-19H,6-13,16-17H2,(H,27,28). The molecule has 0 amide bonds. The third kappa shape index (κ3) is 3.61. The van der Waals surface area contributed by atoms with Gasteiger partial charge in [-0.05, 0) is 68.8 Å². The number of nitrogens with zero attached hydrogens (tertiary/aromatic N) is 2. The number of aliphatic carboxylic acids is 1. The molecule has 0 aliphatic heterocycles. The van der Waals surface area contributed by atoms with Gasteiger partial charge in [-0.1, -0.05) is 30.3 Å². The van der Waals surface area contributed by atoms with Crippen LogP contribution in [0.1, 0.15) is 62.8 Å². The molecule has 0 bridgehead atoms. The monoisotopic (exact) mass is 394 g/mol. The highest BCUT2D eigenvalue weighted by molar-refractivity contribution is 5.81. The number of hydrogen-bond donors (Lipinski definition) is 1. The molecule has 1 heterocycles. The Hall–Kier alpha value is -2.14. The minimum absolute atomic E-state index is 0.464. The molecule has 0 atom stereocenters. The summed E-state index contributed by atoms with van der Waals surface area (Å²) in [6.45, 7) is 1.77. The van der Waals surface area contributed by atoms with E-state index in [0.29, 0.717) is 31.6 Å². The Labute approximate surface area is 172 Å². The SMILES string of the molecule is O=C(O)C1(c2ccccc2)CCC(OCC2CC2)(c2nccn2CC2CC2)CC1. The van der Waals surface area contributed by atoms with Crippen LogP contribution in [0.4, 0.5) is 0 Å². The zero-order chi connectivity index (χ0) is 19.9. The molecule has 0 unspecified atom stereocenters. The summed E-state index contributed by atoms with van der Waals surface area (Å²) in [5.74, 6) is 1.71. The zero-order valence-corrected chi connectivity index (χ0v) is 16.9. The van der Waals surface area contributed by atoms with Crippen LogP contribution < -0.4 is 0 Å². The van der Waals surface area contributed by atoms with Crippen molar-refractivity contribution < 1.29 is 14.6 Å². The second-order valence-electron chi connectivity index (χ2n) is 9.35. The zero-order valence-electron chi connectivity index (χ0n) is 16.9. The number of carboxylic acid groups (broad SMARTS) is 1. The fourth-order valence-electron chi connectivity index (χ4n) is 4.89. The lowest BCUT2D eigenvalue weighted by molar-refractivity contribution is -0.151. The minimum atomic E-state index is -0.832. The molecule has 0 radical (unpaired) electrons. The number of hydrogen-bond acceptors (Lipinski definition) is 3. The Kier molecular flexibility index (Phi) is 4.73. The molecule has 3 fully saturated rings. The largest absolute Gasteiger partial charge is 0.481 e. The highest BCUT2D eigenvalue weighted by Gasteiger charge is 2.51. The molecule has 3 aliphatic rings. The molecule has 2 aromatic rings. The van der Waals surface area contributed by atoms with E-state index in [9.17, 15) is 9.90 Å². The topological polar surface area (TPSA) is 64.3 Å². The van der Waals surface area contributed by atoms with Gasteiger partial charge in [0.25, 0.3) is 0 Å². The number of benzene rings is 1. The molecule has 29 heavy (non-hydrogen) atoms. The summed E-state index contributed by atoms with van der Waals surface area (Å²) in [5, 5.41) is 10.2. The van der Waals surface area contributed by atoms with Gasteiger partial charge in [0.05, 0.1) is 12.0 Å². The van der Waals surface area contributed by atoms with Gasteiger partial charge >= 0.3 is 5.97 Å². The summed E-state index contributed by atoms with van der Waals surface area (Å²) in [7, 11) is 0. The Balaban J connectivity index is 1.44. The van der Waals surface area contributed by atoms with Crippen molar-refractivity contribution in [2.75, 3.05) is 6.61 Å². The van der Waals surface area contributed by atoms with Crippen LogP contribution in [-0.2, 0) is 27.1 Å². The molecule has 1 aromatic carbocycles. The van der Waals surface area contributed by atoms with Crippen LogP contribution in [0, 0.1) is 11.8 Å². The van der Waals surface area contributed by atoms with Gasteiger partial charge in [-0.25, -0.2) is 4.98 Å². The molecule has 154 valence electrons. The number of rotatable bonds is 8. The first kappa shape index (κ1) is 18.9. The minimum Gasteiger partial charge on any atom is -0.481 e. The van der Waals surface area contributed by atoms with Crippen molar-refractivity contribution in [1.29, 1.82) is 0 Å². The van der Waals surface area contributed by atoms with E-state index in [-0.39, 0.29) is 0 Å². The van der Waals surface area contributed by atoms with Crippen LogP contribution in [0.15, 0.2) is 42.7 Å². The Morgan fingerprint density at radius 3 is 2.38 bits per heavy atom. The van der Waals surface area contributed by atoms with E-state index in [1.807, 2.05) is 36.5 Å². The van der Waals surface area contributed by atoms with Crippen molar-refractivity contribution in [3.63, 3.8) is 0 Å². The Bertz CT molecular complexity index is 859. The van der Waals surface area contributed by atoms with Crippen molar-refractivity contribution >= 4 is 5.97 Å². The maximum atomic E-state index is 12.4. The molecule has 1 aromatic heterocycles. The molecule has 0 spiro atoms. The molecule has 3 saturated carbocycles. The first-order chi connectivity index (χ1) is 14.1. The van der Waals surface area contributed by atoms with Gasteiger partial charge in [-0.2, -0.15) is 0 Å². The lowest BCUT2D eigenvalue weighted by Crippen LogP contribution is -2.47. The first-order valence-corrected chi connectivity index (χ1v) is 11.1. The van der Waals surface area contributed by atoms with Gasteiger partial charge in [-0.15, -0.1) is 0 Å². The van der Waals surface area contributed by atoms with E-state index in [4.69, 9.17) is 9.72 Å². The van der Waals surface area contributed by atoms with Crippen LogP contribution in [-0.4, -0.2) is 27.2 Å². The molecule has 0 saturated heterocycles. The normalized spacial score (nSPS) is 29.7. The van der Waals surface area contributed by atoms with Gasteiger partial charge in [0.1, 0.15) is 11.4 Å². The lowest BCUT2D eigenvalue weighted by Gasteiger charge is -2.44. The van der Waals surface area contributed by atoms with E-state index < -0.39 is 17.0 Å². The summed E-state index contributed by atoms with van der Waals surface area (Å²) in [4.78, 5) is 17.2. The third-order valence-electron chi connectivity index (χ3n) is 7.21. The van der Waals surface area contributed by atoms with Crippen molar-refractivity contribution in [3.05, 3.63) is 54.1 Å². The number of ether oxygens (including phenoxy) is 1. The molecule has 3 aliphatic carbocycles. The Morgan fingerprint density at radius 1 is 1.07 bits per heavy atom. The van der Waals surface area contributed by atoms with Crippen LogP contribution in [0.2, 0.25) is 0 Å². The average Bonchev–Trinajstić information content (AvgIpc) is 3.67. The highest BCUT2D eigenvalue weighted by Crippen LogP contribution is 2.50. The second kappa shape index (κ2) is 7.28. The number of carbonyl (C=O) groups is 1. The van der Waals surface area contributed by atoms with E-state index in [2.05, 4.69) is 10.8 Å². The smallest absolute Gasteiger partial charge is 0.314 e. The van der Waals surface area contributed by atoms with Crippen LogP contribution in [0.25, 0.3) is 0 Å². The molecular formula is C24H30N2O3. The van der Waals surface area contributed by atoms with Crippen LogP contribution in [0.3, 0.4) is 0 Å². The quantitative estimate of drug-likeness (QED) is 0.715. The summed E-state index contributed by atoms with van der Waals surface area (Å²) in [5.41, 5.74) is -0.388. The van der Waals surface area contributed by atoms with Gasteiger partial charge in [0, 0.05) is 18.9 Å². The third-order valence-corrected chi connectivity index (χ3v) is 7.21. The summed E-state index contributed by atoms with van der Waals surface area (Å²) >= 11 is 0. The van der Waals surface area contributed by atoms with Gasteiger partial charge < -0.3 is 14.4 Å². The van der Waals surface area contributed by atoms with Crippen molar-refractivity contribution in [3.8, 4) is 0 Å². The number of aromatic nitrogens is 2. The van der Waals surface area contributed by atoms with E-state index in [0.717, 1.165) is 30.5 Å². The summed E-state index contributed by atoms with van der Waals surface area (Å²) in [6.07, 6.45) is 11.6. The second-order valence-corrected chi connectivity index (χ2v) is 9.35. The summed E-state index contributed by atoms with van der Waals surface area (Å²) < 4.78 is 8.89. The first-order valence-electron chi connectivity index (χ1n) is 11.1. The summed E-state index contributed by atoms with van der Waals surface area (Å²) in [6, 6.07) is 9.74. The number of carboxylic acids is 1. The molecular weight excluding hydrogens is 364 g/mol. The number of imidazole rings is 1. The average molecular weight is 395 g/mol. The van der Waals surface area contributed by atoms with Crippen molar-refractivity contribution in [1.82, 2.24) is 9.55 Å². The van der Waals surface area contributed by atoms with Crippen LogP contribution >= 0.6 is 0 Å². The van der Waals surface area contributed by atoms with Gasteiger partial charge in [0.15, 0.2) is 0 Å². The van der Waals surface area contributed by atoms with Crippen molar-refractivity contribution in [2.24, 2.45) is 11.8 Å². The van der Waals surface area contributed by atoms with Gasteiger partial charge in [-0.3, -0.25) is 4.79 Å². The van der Waals surface area contributed by atoms with Crippen LogP contribution in [0.5, 0.6) is 0 Å². The maximum absolute atomic E-state index is 12.4. The van der Waals surface area contributed by atoms with Gasteiger partial charge in [0.2, 0.25) is 0 Å². The van der Waals surface area contributed by atoms with E-state index in [1.54, 1.807) is 0 Å². The lowest BCUT2D eigenvalue weighted by atomic mass is 9.65. The van der Waals surface area contributed by atoms with E-state index in [1.165, 1.54) is 25.7 Å². The Morgan fingerprint density at radius 2 is 1.76 bits per heavy atom. The fourth-order valence-corrected chi connectivity index (χ4v) is 4.89. The molecule has 5 heteroatoms. The van der Waals surface area contributed by atoms with E-state index >= 15 is 0 Å².